The molecule has 1 fully saturated rings. The van der Waals surface area contributed by atoms with E-state index in [0.717, 1.165) is 6.54 Å². The summed E-state index contributed by atoms with van der Waals surface area (Å²) in [5, 5.41) is 0. The van der Waals surface area contributed by atoms with Crippen LogP contribution in [0.5, 0.6) is 0 Å². The van der Waals surface area contributed by atoms with E-state index in [-0.39, 0.29) is 13.4 Å². The maximum Gasteiger partial charge on any atom is 0.128 e. The van der Waals surface area contributed by atoms with Crippen LogP contribution < -0.4 is 5.73 Å². The van der Waals surface area contributed by atoms with Gasteiger partial charge in [0.05, 0.1) is 0 Å². The summed E-state index contributed by atoms with van der Waals surface area (Å²) >= 11 is 0. The standard InChI is InChI=1S/C7H15FN2.C2H6.H2/c1-5-3-10(2)4-6(8)7(5)9;1-2;/h5-7H,3-4,9H2,1-2H3;1-2H3;1H. The van der Waals surface area contributed by atoms with Crippen molar-refractivity contribution in [3.05, 3.63) is 0 Å². The smallest absolute Gasteiger partial charge is 0.128 e. The fraction of sp³-hybridized carbons (Fsp3) is 1.00. The van der Waals surface area contributed by atoms with Gasteiger partial charge in [0.25, 0.3) is 0 Å². The molecule has 12 heavy (non-hydrogen) atoms. The van der Waals surface area contributed by atoms with E-state index in [1.54, 1.807) is 0 Å². The van der Waals surface area contributed by atoms with Crippen molar-refractivity contribution in [1.82, 2.24) is 4.90 Å². The first-order valence-electron chi connectivity index (χ1n) is 4.69. The summed E-state index contributed by atoms with van der Waals surface area (Å²) < 4.78 is 12.9. The van der Waals surface area contributed by atoms with E-state index in [0.29, 0.717) is 6.54 Å². The minimum absolute atomic E-state index is 0. The number of nitrogens with two attached hydrogens (primary N) is 1. The molecule has 1 aliphatic heterocycles. The van der Waals surface area contributed by atoms with E-state index in [4.69, 9.17) is 5.73 Å². The summed E-state index contributed by atoms with van der Waals surface area (Å²) in [6, 6.07) is -0.254. The second-order valence-corrected chi connectivity index (χ2v) is 3.29. The minimum atomic E-state index is -0.839. The molecule has 3 unspecified atom stereocenters. The Morgan fingerprint density at radius 2 is 1.92 bits per heavy atom. The average Bonchev–Trinajstić information content (AvgIpc) is 2.04. The molecule has 0 spiro atoms. The van der Waals surface area contributed by atoms with Crippen LogP contribution in [0.3, 0.4) is 0 Å². The first-order chi connectivity index (χ1) is 5.61. The normalized spacial score (nSPS) is 37.0. The summed E-state index contributed by atoms with van der Waals surface area (Å²) in [7, 11) is 1.93. The maximum atomic E-state index is 12.9. The van der Waals surface area contributed by atoms with Crippen LogP contribution in [0, 0.1) is 5.92 Å². The molecule has 0 aromatic rings. The Balaban J connectivity index is 0. The van der Waals surface area contributed by atoms with Crippen molar-refractivity contribution in [1.29, 1.82) is 0 Å². The van der Waals surface area contributed by atoms with Crippen molar-refractivity contribution in [2.24, 2.45) is 11.7 Å². The number of halogens is 1. The number of hydrogen-bond donors (Lipinski definition) is 1. The highest BCUT2D eigenvalue weighted by Crippen LogP contribution is 2.15. The van der Waals surface area contributed by atoms with E-state index in [9.17, 15) is 4.39 Å². The largest absolute Gasteiger partial charge is 0.325 e. The Hall–Kier alpha value is -0.150. The third-order valence-corrected chi connectivity index (χ3v) is 2.16. The molecule has 0 bridgehead atoms. The third kappa shape index (κ3) is 3.07. The quantitative estimate of drug-likeness (QED) is 0.609. The van der Waals surface area contributed by atoms with E-state index in [1.165, 1.54) is 0 Å². The predicted molar refractivity (Wildman–Crippen MR) is 53.0 cm³/mol. The molecule has 1 rings (SSSR count). The molecule has 0 aromatic carbocycles. The van der Waals surface area contributed by atoms with Crippen LogP contribution in [-0.4, -0.2) is 37.3 Å². The summed E-state index contributed by atoms with van der Waals surface area (Å²) in [4.78, 5) is 1.98. The Kier molecular flexibility index (Phi) is 5.42. The van der Waals surface area contributed by atoms with Crippen LogP contribution in [0.2, 0.25) is 0 Å². The Morgan fingerprint density at radius 3 is 2.33 bits per heavy atom. The molecule has 0 saturated carbocycles. The van der Waals surface area contributed by atoms with Crippen LogP contribution in [0.4, 0.5) is 4.39 Å². The maximum absolute atomic E-state index is 12.9. The molecule has 0 aliphatic carbocycles. The first-order valence-corrected chi connectivity index (χ1v) is 4.69. The lowest BCUT2D eigenvalue weighted by molar-refractivity contribution is 0.101. The van der Waals surface area contributed by atoms with E-state index >= 15 is 0 Å². The lowest BCUT2D eigenvalue weighted by Gasteiger charge is -2.35. The first kappa shape index (κ1) is 11.8. The van der Waals surface area contributed by atoms with Crippen LogP contribution >= 0.6 is 0 Å². The number of alkyl halides is 1. The van der Waals surface area contributed by atoms with Gasteiger partial charge in [-0.2, -0.15) is 0 Å². The Bertz CT molecular complexity index is 112. The molecule has 1 aliphatic rings. The number of piperidine rings is 1. The molecule has 0 radical (unpaired) electrons. The molecule has 1 saturated heterocycles. The zero-order valence-electron chi connectivity index (χ0n) is 8.55. The van der Waals surface area contributed by atoms with Gasteiger partial charge in [-0.15, -0.1) is 0 Å². The second kappa shape index (κ2) is 5.49. The Morgan fingerprint density at radius 1 is 1.42 bits per heavy atom. The number of likely N-dealkylation sites (tertiary alicyclic amines) is 1. The third-order valence-electron chi connectivity index (χ3n) is 2.16. The lowest BCUT2D eigenvalue weighted by atomic mass is 9.94. The van der Waals surface area contributed by atoms with E-state index in [1.807, 2.05) is 32.7 Å². The monoisotopic (exact) mass is 178 g/mol. The van der Waals surface area contributed by atoms with Gasteiger partial charge in [0.15, 0.2) is 0 Å². The highest BCUT2D eigenvalue weighted by atomic mass is 19.1. The summed E-state index contributed by atoms with van der Waals surface area (Å²) in [6.45, 7) is 7.40. The molecule has 3 atom stereocenters. The highest BCUT2D eigenvalue weighted by molar-refractivity contribution is 4.86. The van der Waals surface area contributed by atoms with Crippen LogP contribution in [0.15, 0.2) is 0 Å². The molecule has 0 amide bonds. The topological polar surface area (TPSA) is 29.3 Å². The number of rotatable bonds is 0. The van der Waals surface area contributed by atoms with Gasteiger partial charge in [0.1, 0.15) is 6.17 Å². The molecule has 2 N–H and O–H groups in total. The molecule has 3 heteroatoms. The van der Waals surface area contributed by atoms with Gasteiger partial charge in [-0.05, 0) is 13.0 Å². The fourth-order valence-corrected chi connectivity index (χ4v) is 1.46. The Labute approximate surface area is 76.4 Å². The summed E-state index contributed by atoms with van der Waals surface area (Å²) in [5.74, 6) is 0.286. The summed E-state index contributed by atoms with van der Waals surface area (Å²) in [5.41, 5.74) is 5.58. The van der Waals surface area contributed by atoms with E-state index < -0.39 is 6.17 Å². The molecule has 1 heterocycles. The zero-order valence-corrected chi connectivity index (χ0v) is 8.55. The summed E-state index contributed by atoms with van der Waals surface area (Å²) in [6.07, 6.45) is -0.839. The number of nitrogens with zero attached hydrogens (tertiary/aromatic N) is 1. The van der Waals surface area contributed by atoms with Gasteiger partial charge in [0.2, 0.25) is 0 Å². The van der Waals surface area contributed by atoms with Gasteiger partial charge < -0.3 is 10.6 Å². The van der Waals surface area contributed by atoms with Gasteiger partial charge in [-0.3, -0.25) is 0 Å². The lowest BCUT2D eigenvalue weighted by Crippen LogP contribution is -2.52. The van der Waals surface area contributed by atoms with Gasteiger partial charge in [-0.25, -0.2) is 4.39 Å². The number of hydrogen-bond acceptors (Lipinski definition) is 2. The molecule has 76 valence electrons. The highest BCUT2D eigenvalue weighted by Gasteiger charge is 2.29. The zero-order chi connectivity index (χ0) is 9.72. The second-order valence-electron chi connectivity index (χ2n) is 3.29. The van der Waals surface area contributed by atoms with Crippen molar-refractivity contribution >= 4 is 0 Å². The van der Waals surface area contributed by atoms with Gasteiger partial charge in [-0.1, -0.05) is 20.8 Å². The average molecular weight is 178 g/mol. The van der Waals surface area contributed by atoms with Crippen molar-refractivity contribution < 1.29 is 5.82 Å². The molecule has 0 aromatic heterocycles. The van der Waals surface area contributed by atoms with Crippen LogP contribution in [-0.2, 0) is 0 Å². The predicted octanol–water partition coefficient (Wildman–Crippen LogP) is 1.51. The van der Waals surface area contributed by atoms with Crippen molar-refractivity contribution in [2.75, 3.05) is 20.1 Å². The van der Waals surface area contributed by atoms with Crippen LogP contribution in [0.25, 0.3) is 0 Å². The molecular formula is C9H23FN2. The molecular weight excluding hydrogens is 155 g/mol. The van der Waals surface area contributed by atoms with E-state index in [2.05, 4.69) is 0 Å². The SMILES string of the molecule is CC.CC1CN(C)CC(F)C1N.[HH]. The minimum Gasteiger partial charge on any atom is -0.325 e. The van der Waals surface area contributed by atoms with Gasteiger partial charge >= 0.3 is 0 Å². The van der Waals surface area contributed by atoms with Crippen molar-refractivity contribution in [3.8, 4) is 0 Å². The van der Waals surface area contributed by atoms with Crippen LogP contribution in [0.1, 0.15) is 22.2 Å². The fourth-order valence-electron chi connectivity index (χ4n) is 1.46. The van der Waals surface area contributed by atoms with Crippen molar-refractivity contribution in [2.45, 2.75) is 33.0 Å². The van der Waals surface area contributed by atoms with Crippen molar-refractivity contribution in [3.63, 3.8) is 0 Å². The van der Waals surface area contributed by atoms with Gasteiger partial charge in [0, 0.05) is 20.6 Å². The molecule has 2 nitrogen and oxygen atoms in total.